The normalized spacial score (nSPS) is 10.9. The fourth-order valence-corrected chi connectivity index (χ4v) is 2.31. The Labute approximate surface area is 146 Å². The van der Waals surface area contributed by atoms with Crippen LogP contribution in [0.25, 0.3) is 22.2 Å². The third-order valence-electron chi connectivity index (χ3n) is 3.45. The summed E-state index contributed by atoms with van der Waals surface area (Å²) in [6.07, 6.45) is 11.5. The first-order valence-corrected chi connectivity index (χ1v) is 7.65. The first-order chi connectivity index (χ1) is 12.2. The van der Waals surface area contributed by atoms with Crippen LogP contribution in [0.4, 0.5) is 5.82 Å². The van der Waals surface area contributed by atoms with Gasteiger partial charge in [0.15, 0.2) is 12.2 Å². The predicted molar refractivity (Wildman–Crippen MR) is 97.5 cm³/mol. The molecule has 25 heavy (non-hydrogen) atoms. The van der Waals surface area contributed by atoms with E-state index in [9.17, 15) is 4.79 Å². The van der Waals surface area contributed by atoms with Crippen LogP contribution in [-0.4, -0.2) is 32.3 Å². The molecule has 0 aliphatic rings. The molecule has 7 heteroatoms. The summed E-state index contributed by atoms with van der Waals surface area (Å²) in [7, 11) is 0. The molecule has 0 aromatic carbocycles. The number of amides is 1. The van der Waals surface area contributed by atoms with Crippen LogP contribution in [0.3, 0.4) is 0 Å². The molecule has 3 heterocycles. The molecule has 3 aromatic rings. The minimum Gasteiger partial charge on any atom is -0.443 e. The minimum absolute atomic E-state index is 0. The number of anilines is 1. The molecule has 0 bridgehead atoms. The molecular weight excluding hydrogens is 318 g/mol. The molecule has 7 nitrogen and oxygen atoms in total. The van der Waals surface area contributed by atoms with Gasteiger partial charge in [-0.2, -0.15) is 0 Å². The fraction of sp³-hybridized carbons (Fsp3) is 0.111. The first-order valence-electron chi connectivity index (χ1n) is 7.65. The minimum atomic E-state index is -0.191. The van der Waals surface area contributed by atoms with Crippen molar-refractivity contribution in [2.75, 3.05) is 11.9 Å². The van der Waals surface area contributed by atoms with Gasteiger partial charge in [-0.1, -0.05) is 12.7 Å². The zero-order valence-corrected chi connectivity index (χ0v) is 13.7. The maximum atomic E-state index is 12.1. The number of allylic oxidation sites excluding steroid dienone is 1. The van der Waals surface area contributed by atoms with Crippen molar-refractivity contribution in [1.82, 2.24) is 19.9 Å². The molecule has 0 atom stereocenters. The van der Waals surface area contributed by atoms with Gasteiger partial charge in [-0.25, -0.2) is 9.97 Å². The predicted octanol–water partition coefficient (Wildman–Crippen LogP) is 3.45. The number of carbonyl (C=O) groups is 1. The summed E-state index contributed by atoms with van der Waals surface area (Å²) in [4.78, 5) is 26.3. The number of aromatic nitrogens is 3. The van der Waals surface area contributed by atoms with Crippen LogP contribution in [-0.2, 0) is 4.79 Å². The van der Waals surface area contributed by atoms with Crippen LogP contribution >= 0.6 is 0 Å². The Hall–Kier alpha value is -3.48. The van der Waals surface area contributed by atoms with Crippen molar-refractivity contribution < 1.29 is 10.6 Å². The highest BCUT2D eigenvalue weighted by atomic mass is 16.3. The van der Waals surface area contributed by atoms with E-state index in [1.165, 1.54) is 6.39 Å². The largest absolute Gasteiger partial charge is 0.443 e. The Balaban J connectivity index is 0.00000243. The van der Waals surface area contributed by atoms with Crippen LogP contribution < -0.4 is 5.32 Å². The smallest absolute Gasteiger partial charge is 0.245 e. The number of carbonyl (C=O) groups excluding carboxylic acids is 1. The Morgan fingerprint density at radius 2 is 2.24 bits per heavy atom. The van der Waals surface area contributed by atoms with Gasteiger partial charge in [0.05, 0.1) is 17.9 Å². The van der Waals surface area contributed by atoms with Crippen molar-refractivity contribution in [3.05, 3.63) is 62.2 Å². The zero-order valence-electron chi connectivity index (χ0n) is 13.7. The van der Waals surface area contributed by atoms with Crippen molar-refractivity contribution in [2.45, 2.75) is 6.92 Å². The van der Waals surface area contributed by atoms with Gasteiger partial charge in [-0.15, -0.1) is 0 Å². The monoisotopic (exact) mass is 337 g/mol. The molecule has 0 saturated carbocycles. The van der Waals surface area contributed by atoms with Crippen LogP contribution in [0.2, 0.25) is 0 Å². The Morgan fingerprint density at radius 3 is 2.96 bits per heavy atom. The molecule has 1 N–H and O–H groups in total. The summed E-state index contributed by atoms with van der Waals surface area (Å²) in [5, 5.41) is 3.62. The van der Waals surface area contributed by atoms with E-state index < -0.39 is 0 Å². The van der Waals surface area contributed by atoms with Crippen molar-refractivity contribution in [3.63, 3.8) is 0 Å². The van der Waals surface area contributed by atoms with Gasteiger partial charge in [0.25, 0.3) is 0 Å². The lowest BCUT2D eigenvalue weighted by molar-refractivity contribution is -0.116. The van der Waals surface area contributed by atoms with Crippen molar-refractivity contribution in [2.24, 2.45) is 0 Å². The summed E-state index contributed by atoms with van der Waals surface area (Å²) < 4.78 is 5.28. The molecular formula is C18H19N5O2. The SMILES string of the molecule is C=CN(/C=C\C)CC(=O)Nc1cc2cc(-c3cnco3)cnc2cn1.[HH]. The van der Waals surface area contributed by atoms with Crippen molar-refractivity contribution in [3.8, 4) is 11.3 Å². The fourth-order valence-electron chi connectivity index (χ4n) is 2.31. The lowest BCUT2D eigenvalue weighted by Crippen LogP contribution is -2.26. The second-order valence-electron chi connectivity index (χ2n) is 5.24. The van der Waals surface area contributed by atoms with Gasteiger partial charge in [0, 0.05) is 18.6 Å². The molecule has 3 aromatic heterocycles. The lowest BCUT2D eigenvalue weighted by Gasteiger charge is -2.14. The second-order valence-corrected chi connectivity index (χ2v) is 5.24. The molecule has 0 unspecified atom stereocenters. The van der Waals surface area contributed by atoms with Gasteiger partial charge in [-0.3, -0.25) is 9.78 Å². The molecule has 0 fully saturated rings. The third-order valence-corrected chi connectivity index (χ3v) is 3.45. The third kappa shape index (κ3) is 3.89. The van der Waals surface area contributed by atoms with E-state index in [4.69, 9.17) is 4.42 Å². The summed E-state index contributed by atoms with van der Waals surface area (Å²) in [5.74, 6) is 0.896. The Kier molecular flexibility index (Phi) is 4.84. The van der Waals surface area contributed by atoms with E-state index in [2.05, 4.69) is 26.8 Å². The van der Waals surface area contributed by atoms with Gasteiger partial charge in [0.2, 0.25) is 5.91 Å². The van der Waals surface area contributed by atoms with Gasteiger partial charge < -0.3 is 14.6 Å². The summed E-state index contributed by atoms with van der Waals surface area (Å²) in [5.41, 5.74) is 1.53. The maximum absolute atomic E-state index is 12.1. The maximum Gasteiger partial charge on any atom is 0.245 e. The van der Waals surface area contributed by atoms with Crippen molar-refractivity contribution >= 4 is 22.6 Å². The van der Waals surface area contributed by atoms with E-state index in [1.54, 1.807) is 42.0 Å². The number of pyridine rings is 2. The van der Waals surface area contributed by atoms with E-state index >= 15 is 0 Å². The van der Waals surface area contributed by atoms with Crippen LogP contribution in [0.5, 0.6) is 0 Å². The van der Waals surface area contributed by atoms with Crippen LogP contribution in [0, 0.1) is 0 Å². The quantitative estimate of drug-likeness (QED) is 0.741. The van der Waals surface area contributed by atoms with E-state index in [0.29, 0.717) is 11.6 Å². The zero-order chi connectivity index (χ0) is 17.6. The van der Waals surface area contributed by atoms with Crippen LogP contribution in [0.15, 0.2) is 66.6 Å². The van der Waals surface area contributed by atoms with E-state index in [-0.39, 0.29) is 13.9 Å². The molecule has 3 rings (SSSR count). The van der Waals surface area contributed by atoms with Gasteiger partial charge in [0.1, 0.15) is 12.4 Å². The highest BCUT2D eigenvalue weighted by molar-refractivity contribution is 5.93. The number of oxazole rings is 1. The van der Waals surface area contributed by atoms with E-state index in [0.717, 1.165) is 16.5 Å². The average molecular weight is 337 g/mol. The molecule has 0 saturated heterocycles. The van der Waals surface area contributed by atoms with Crippen molar-refractivity contribution in [1.29, 1.82) is 0 Å². The number of nitrogens with zero attached hydrogens (tertiary/aromatic N) is 4. The number of nitrogens with one attached hydrogen (secondary N) is 1. The first kappa shape index (κ1) is 16.4. The molecule has 0 spiro atoms. The molecule has 0 aliphatic carbocycles. The van der Waals surface area contributed by atoms with Crippen LogP contribution in [0.1, 0.15) is 8.35 Å². The number of fused-ring (bicyclic) bond motifs is 1. The summed E-state index contributed by atoms with van der Waals surface area (Å²) in [6.45, 7) is 5.70. The second kappa shape index (κ2) is 7.39. The summed E-state index contributed by atoms with van der Waals surface area (Å²) in [6, 6.07) is 3.68. The molecule has 128 valence electrons. The lowest BCUT2D eigenvalue weighted by atomic mass is 10.1. The molecule has 0 aliphatic heterocycles. The standard InChI is InChI=1S/C18H17N5O2.H2/c1-3-5-23(4-2)11-18(24)22-17-7-13-6-14(16-10-19-12-25-16)8-20-15(13)9-21-17;/h3-10,12H,2,11H2,1H3,(H,21,22,24);1H/b5-3-;. The average Bonchev–Trinajstić information content (AvgIpc) is 3.15. The number of hydrogen-bond acceptors (Lipinski definition) is 6. The Bertz CT molecular complexity index is 924. The van der Waals surface area contributed by atoms with Gasteiger partial charge >= 0.3 is 0 Å². The topological polar surface area (TPSA) is 84.2 Å². The molecule has 1 amide bonds. The molecule has 0 radical (unpaired) electrons. The van der Waals surface area contributed by atoms with Gasteiger partial charge in [-0.05, 0) is 31.5 Å². The highest BCUT2D eigenvalue weighted by Gasteiger charge is 2.09. The Morgan fingerprint density at radius 1 is 1.36 bits per heavy atom. The summed E-state index contributed by atoms with van der Waals surface area (Å²) >= 11 is 0. The number of hydrogen-bond donors (Lipinski definition) is 1. The number of rotatable bonds is 6. The highest BCUT2D eigenvalue weighted by Crippen LogP contribution is 2.23. The van der Waals surface area contributed by atoms with E-state index in [1.807, 2.05) is 19.1 Å².